The van der Waals surface area contributed by atoms with Crippen molar-refractivity contribution in [1.82, 2.24) is 24.5 Å². The van der Waals surface area contributed by atoms with Crippen molar-refractivity contribution in [2.45, 2.75) is 69.9 Å². The standard InChI is InChI=1S/C27H32F3N7O/c1-16-11-17(3-6-23(29)30)25-21(32-16)5-4-20(34-25)24-19(28)13-37-22(24)12-31-26(35-37)33-18-7-9-36(10-8-18)27(2)14-38-15-27/h4-5,12-13,17-18,23H,3,6-11,14-15H2,1-2H3,(H,33,35)/t17-/m1/s1. The molecule has 0 aliphatic carbocycles. The van der Waals surface area contributed by atoms with Crippen LogP contribution in [0.5, 0.6) is 0 Å². The zero-order valence-corrected chi connectivity index (χ0v) is 21.6. The Balaban J connectivity index is 1.22. The molecule has 3 aromatic rings. The van der Waals surface area contributed by atoms with Crippen LogP contribution in [0, 0.1) is 5.82 Å². The van der Waals surface area contributed by atoms with Crippen molar-refractivity contribution >= 4 is 22.9 Å². The van der Waals surface area contributed by atoms with Crippen molar-refractivity contribution in [2.24, 2.45) is 4.99 Å². The van der Waals surface area contributed by atoms with Gasteiger partial charge in [-0.15, -0.1) is 5.10 Å². The van der Waals surface area contributed by atoms with Gasteiger partial charge in [0, 0.05) is 37.2 Å². The van der Waals surface area contributed by atoms with Crippen LogP contribution < -0.4 is 5.32 Å². The fourth-order valence-electron chi connectivity index (χ4n) is 5.85. The van der Waals surface area contributed by atoms with E-state index in [9.17, 15) is 8.78 Å². The quantitative estimate of drug-likeness (QED) is 0.454. The molecule has 0 bridgehead atoms. The highest BCUT2D eigenvalue weighted by atomic mass is 19.3. The summed E-state index contributed by atoms with van der Waals surface area (Å²) in [5.74, 6) is -0.190. The highest BCUT2D eigenvalue weighted by Gasteiger charge is 2.40. The molecule has 3 aromatic heterocycles. The molecule has 0 saturated carbocycles. The van der Waals surface area contributed by atoms with E-state index in [4.69, 9.17) is 9.72 Å². The SMILES string of the molecule is CC1=Nc2ccc(-c3c(F)cn4nc(NC5CCN(C6(C)COC6)CC5)ncc34)nc2[C@H](CCC(F)F)C1. The number of piperidine rings is 1. The zero-order chi connectivity index (χ0) is 26.4. The number of halogens is 3. The van der Waals surface area contributed by atoms with Crippen LogP contribution in [-0.2, 0) is 4.74 Å². The highest BCUT2D eigenvalue weighted by molar-refractivity contribution is 5.88. The van der Waals surface area contributed by atoms with Gasteiger partial charge in [0.25, 0.3) is 0 Å². The summed E-state index contributed by atoms with van der Waals surface area (Å²) >= 11 is 0. The number of hydrogen-bond acceptors (Lipinski definition) is 7. The molecule has 38 heavy (non-hydrogen) atoms. The third-order valence-electron chi connectivity index (χ3n) is 8.04. The van der Waals surface area contributed by atoms with Crippen molar-refractivity contribution in [3.63, 3.8) is 0 Å². The largest absolute Gasteiger partial charge is 0.377 e. The first-order valence-electron chi connectivity index (χ1n) is 13.3. The van der Waals surface area contributed by atoms with E-state index in [0.717, 1.165) is 44.9 Å². The number of aromatic nitrogens is 4. The summed E-state index contributed by atoms with van der Waals surface area (Å²) in [5.41, 5.74) is 3.55. The Hall–Kier alpha value is -3.05. The molecule has 6 rings (SSSR count). The average Bonchev–Trinajstić information content (AvgIpc) is 3.20. The molecule has 0 radical (unpaired) electrons. The number of alkyl halides is 2. The van der Waals surface area contributed by atoms with E-state index in [1.165, 1.54) is 10.7 Å². The summed E-state index contributed by atoms with van der Waals surface area (Å²) in [4.78, 5) is 16.2. The smallest absolute Gasteiger partial charge is 0.241 e. The van der Waals surface area contributed by atoms with Crippen molar-refractivity contribution < 1.29 is 17.9 Å². The van der Waals surface area contributed by atoms with Gasteiger partial charge in [0.1, 0.15) is 0 Å². The van der Waals surface area contributed by atoms with Gasteiger partial charge in [-0.3, -0.25) is 14.9 Å². The van der Waals surface area contributed by atoms with Crippen LogP contribution in [0.15, 0.2) is 29.5 Å². The molecule has 2 saturated heterocycles. The number of pyridine rings is 1. The van der Waals surface area contributed by atoms with Crippen molar-refractivity contribution in [3.8, 4) is 11.3 Å². The number of rotatable bonds is 7. The van der Waals surface area contributed by atoms with Gasteiger partial charge in [-0.2, -0.15) is 0 Å². The number of hydrogen-bond donors (Lipinski definition) is 1. The Morgan fingerprint density at radius 1 is 1.21 bits per heavy atom. The fraction of sp³-hybridized carbons (Fsp3) is 0.556. The van der Waals surface area contributed by atoms with Crippen LogP contribution in [0.25, 0.3) is 16.8 Å². The Morgan fingerprint density at radius 3 is 2.71 bits per heavy atom. The number of nitrogens with one attached hydrogen (secondary N) is 1. The first kappa shape index (κ1) is 25.2. The minimum atomic E-state index is -2.37. The number of nitrogens with zero attached hydrogens (tertiary/aromatic N) is 6. The van der Waals surface area contributed by atoms with Gasteiger partial charge in [0.15, 0.2) is 5.82 Å². The Morgan fingerprint density at radius 2 is 2.00 bits per heavy atom. The van der Waals surface area contributed by atoms with E-state index in [0.29, 0.717) is 46.9 Å². The van der Waals surface area contributed by atoms with Crippen LogP contribution >= 0.6 is 0 Å². The molecule has 8 nitrogen and oxygen atoms in total. The first-order chi connectivity index (χ1) is 18.3. The Kier molecular flexibility index (Phi) is 6.59. The summed E-state index contributed by atoms with van der Waals surface area (Å²) in [6, 6.07) is 3.75. The molecule has 3 aliphatic heterocycles. The third-order valence-corrected chi connectivity index (χ3v) is 8.04. The monoisotopic (exact) mass is 527 g/mol. The normalized spacial score (nSPS) is 21.8. The molecule has 0 unspecified atom stereocenters. The average molecular weight is 528 g/mol. The van der Waals surface area contributed by atoms with Crippen LogP contribution in [-0.4, -0.2) is 74.5 Å². The summed E-state index contributed by atoms with van der Waals surface area (Å²) in [5, 5.41) is 7.93. The second kappa shape index (κ2) is 9.92. The van der Waals surface area contributed by atoms with Crippen molar-refractivity contribution in [3.05, 3.63) is 36.0 Å². The maximum atomic E-state index is 15.2. The molecular formula is C27H32F3N7O. The fourth-order valence-corrected chi connectivity index (χ4v) is 5.85. The van der Waals surface area contributed by atoms with E-state index >= 15 is 4.39 Å². The molecule has 3 aliphatic rings. The summed E-state index contributed by atoms with van der Waals surface area (Å²) < 4.78 is 48.0. The second-order valence-electron chi connectivity index (χ2n) is 11.0. The highest BCUT2D eigenvalue weighted by Crippen LogP contribution is 2.39. The van der Waals surface area contributed by atoms with E-state index in [1.807, 2.05) is 6.92 Å². The van der Waals surface area contributed by atoms with Crippen LogP contribution in [0.4, 0.5) is 24.8 Å². The second-order valence-corrected chi connectivity index (χ2v) is 11.0. The molecule has 2 fully saturated rings. The predicted octanol–water partition coefficient (Wildman–Crippen LogP) is 5.22. The molecular weight excluding hydrogens is 495 g/mol. The predicted molar refractivity (Wildman–Crippen MR) is 139 cm³/mol. The topological polar surface area (TPSA) is 79.9 Å². The molecule has 1 N–H and O–H groups in total. The molecule has 0 amide bonds. The van der Waals surface area contributed by atoms with Gasteiger partial charge < -0.3 is 10.1 Å². The number of ether oxygens (including phenoxy) is 1. The van der Waals surface area contributed by atoms with Gasteiger partial charge in [-0.05, 0) is 51.7 Å². The van der Waals surface area contributed by atoms with E-state index in [1.54, 1.807) is 18.3 Å². The molecule has 202 valence electrons. The summed E-state index contributed by atoms with van der Waals surface area (Å²) in [7, 11) is 0. The van der Waals surface area contributed by atoms with Gasteiger partial charge >= 0.3 is 0 Å². The first-order valence-corrected chi connectivity index (χ1v) is 13.3. The third kappa shape index (κ3) is 4.77. The van der Waals surface area contributed by atoms with Crippen LogP contribution in [0.2, 0.25) is 0 Å². The van der Waals surface area contributed by atoms with E-state index in [2.05, 4.69) is 32.2 Å². The summed E-state index contributed by atoms with van der Waals surface area (Å²) in [6.45, 7) is 7.67. The van der Waals surface area contributed by atoms with Gasteiger partial charge in [-0.25, -0.2) is 22.7 Å². The van der Waals surface area contributed by atoms with Gasteiger partial charge in [-0.1, -0.05) is 0 Å². The maximum absolute atomic E-state index is 15.2. The van der Waals surface area contributed by atoms with Gasteiger partial charge in [0.05, 0.1) is 59.3 Å². The number of likely N-dealkylation sites (tertiary alicyclic amines) is 1. The van der Waals surface area contributed by atoms with Crippen molar-refractivity contribution in [1.29, 1.82) is 0 Å². The molecule has 0 aromatic carbocycles. The minimum absolute atomic E-state index is 0.151. The molecule has 6 heterocycles. The lowest BCUT2D eigenvalue weighted by Crippen LogP contribution is -2.62. The van der Waals surface area contributed by atoms with E-state index < -0.39 is 12.2 Å². The number of aliphatic imine (C=N–C) groups is 1. The summed E-state index contributed by atoms with van der Waals surface area (Å²) in [6.07, 6.45) is 3.16. The zero-order valence-electron chi connectivity index (χ0n) is 21.6. The molecule has 0 spiro atoms. The Bertz CT molecular complexity index is 1360. The lowest BCUT2D eigenvalue weighted by molar-refractivity contribution is -0.135. The Labute approximate surface area is 219 Å². The maximum Gasteiger partial charge on any atom is 0.241 e. The van der Waals surface area contributed by atoms with E-state index in [-0.39, 0.29) is 23.9 Å². The molecule has 11 heteroatoms. The molecule has 1 atom stereocenters. The van der Waals surface area contributed by atoms with Crippen LogP contribution in [0.1, 0.15) is 57.6 Å². The van der Waals surface area contributed by atoms with Crippen molar-refractivity contribution in [2.75, 3.05) is 31.6 Å². The number of fused-ring (bicyclic) bond motifs is 2. The lowest BCUT2D eigenvalue weighted by Gasteiger charge is -2.49. The van der Waals surface area contributed by atoms with Gasteiger partial charge in [0.2, 0.25) is 12.4 Å². The minimum Gasteiger partial charge on any atom is -0.377 e. The number of anilines is 1. The van der Waals surface area contributed by atoms with Crippen LogP contribution in [0.3, 0.4) is 0 Å². The lowest BCUT2D eigenvalue weighted by atomic mass is 9.89.